The van der Waals surface area contributed by atoms with Crippen LogP contribution in [0.5, 0.6) is 0 Å². The molecule has 0 spiro atoms. The zero-order valence-corrected chi connectivity index (χ0v) is 16.9. The zero-order chi connectivity index (χ0) is 22.9. The Labute approximate surface area is 180 Å². The summed E-state index contributed by atoms with van der Waals surface area (Å²) in [6, 6.07) is 10.9. The molecule has 4 rings (SSSR count). The lowest BCUT2D eigenvalue weighted by Gasteiger charge is -2.19. The zero-order valence-electron chi connectivity index (χ0n) is 16.9. The Morgan fingerprint density at radius 3 is 2.50 bits per heavy atom. The van der Waals surface area contributed by atoms with Crippen molar-refractivity contribution in [3.05, 3.63) is 53.9 Å². The van der Waals surface area contributed by atoms with E-state index in [-0.39, 0.29) is 16.9 Å². The minimum Gasteiger partial charge on any atom is -0.380 e. The summed E-state index contributed by atoms with van der Waals surface area (Å²) >= 11 is 0. The molecule has 1 aliphatic heterocycles. The highest BCUT2D eigenvalue weighted by atomic mass is 19.4. The molecule has 1 aromatic heterocycles. The number of alkyl halides is 5. The fourth-order valence-corrected chi connectivity index (χ4v) is 3.84. The number of para-hydroxylation sites is 1. The second kappa shape index (κ2) is 8.85. The van der Waals surface area contributed by atoms with E-state index in [1.54, 1.807) is 35.2 Å². The highest BCUT2D eigenvalue weighted by Gasteiger charge is 2.38. The first-order valence-corrected chi connectivity index (χ1v) is 10.1. The van der Waals surface area contributed by atoms with Crippen molar-refractivity contribution in [1.29, 1.82) is 0 Å². The first kappa shape index (κ1) is 22.2. The summed E-state index contributed by atoms with van der Waals surface area (Å²) in [6.07, 6.45) is -7.10. The van der Waals surface area contributed by atoms with Crippen molar-refractivity contribution < 1.29 is 31.5 Å². The third kappa shape index (κ3) is 4.45. The van der Waals surface area contributed by atoms with Crippen molar-refractivity contribution in [3.63, 3.8) is 0 Å². The fraction of sp³-hybridized carbons (Fsp3) is 0.364. The van der Waals surface area contributed by atoms with Crippen LogP contribution >= 0.6 is 0 Å². The van der Waals surface area contributed by atoms with Crippen molar-refractivity contribution in [1.82, 2.24) is 14.5 Å². The van der Waals surface area contributed by atoms with Gasteiger partial charge in [0.25, 0.3) is 12.3 Å². The monoisotopic (exact) mass is 453 g/mol. The SMILES string of the molecule is O=C(c1ccc(-c2cccc3c2nc(C(F)(F)F)n3CC(F)F)cc1)N1CCCOCC1. The predicted octanol–water partition coefficient (Wildman–Crippen LogP) is 4.85. The predicted molar refractivity (Wildman–Crippen MR) is 108 cm³/mol. The van der Waals surface area contributed by atoms with Gasteiger partial charge in [-0.2, -0.15) is 13.2 Å². The molecule has 0 bridgehead atoms. The van der Waals surface area contributed by atoms with Crippen LogP contribution in [0, 0.1) is 0 Å². The number of hydrogen-bond acceptors (Lipinski definition) is 3. The van der Waals surface area contributed by atoms with Gasteiger partial charge in [-0.1, -0.05) is 24.3 Å². The molecule has 170 valence electrons. The van der Waals surface area contributed by atoms with E-state index in [1.165, 1.54) is 12.1 Å². The first-order valence-electron chi connectivity index (χ1n) is 10.1. The summed E-state index contributed by atoms with van der Waals surface area (Å²) in [5.74, 6) is -1.52. The molecular weight excluding hydrogens is 433 g/mol. The third-order valence-corrected chi connectivity index (χ3v) is 5.31. The van der Waals surface area contributed by atoms with E-state index in [4.69, 9.17) is 4.74 Å². The number of amides is 1. The maximum atomic E-state index is 13.4. The molecule has 1 amide bonds. The molecule has 0 unspecified atom stereocenters. The van der Waals surface area contributed by atoms with Crippen LogP contribution < -0.4 is 0 Å². The molecule has 1 saturated heterocycles. The first-order chi connectivity index (χ1) is 15.3. The van der Waals surface area contributed by atoms with Crippen LogP contribution in [0.2, 0.25) is 0 Å². The number of benzene rings is 2. The molecule has 0 radical (unpaired) electrons. The van der Waals surface area contributed by atoms with E-state index in [0.717, 1.165) is 6.42 Å². The topological polar surface area (TPSA) is 47.4 Å². The Balaban J connectivity index is 1.70. The van der Waals surface area contributed by atoms with Crippen LogP contribution in [0.4, 0.5) is 22.0 Å². The van der Waals surface area contributed by atoms with Gasteiger partial charge in [-0.15, -0.1) is 0 Å². The number of nitrogens with zero attached hydrogens (tertiary/aromatic N) is 3. The molecule has 2 aromatic carbocycles. The second-order valence-corrected chi connectivity index (χ2v) is 7.44. The van der Waals surface area contributed by atoms with Crippen LogP contribution in [0.15, 0.2) is 42.5 Å². The van der Waals surface area contributed by atoms with Crippen molar-refractivity contribution in [3.8, 4) is 11.1 Å². The van der Waals surface area contributed by atoms with E-state index in [2.05, 4.69) is 4.98 Å². The molecular formula is C22H20F5N3O2. The molecule has 0 N–H and O–H groups in total. The summed E-state index contributed by atoms with van der Waals surface area (Å²) < 4.78 is 72.1. The minimum atomic E-state index is -4.88. The van der Waals surface area contributed by atoms with Crippen LogP contribution in [0.3, 0.4) is 0 Å². The average molecular weight is 453 g/mol. The number of ether oxygens (including phenoxy) is 1. The molecule has 1 fully saturated rings. The van der Waals surface area contributed by atoms with Crippen molar-refractivity contribution in [2.24, 2.45) is 0 Å². The van der Waals surface area contributed by atoms with Gasteiger partial charge >= 0.3 is 6.18 Å². The number of aromatic nitrogens is 2. The molecule has 32 heavy (non-hydrogen) atoms. The number of rotatable bonds is 4. The molecule has 2 heterocycles. The Kier molecular flexibility index (Phi) is 6.14. The summed E-state index contributed by atoms with van der Waals surface area (Å²) in [7, 11) is 0. The molecule has 0 atom stereocenters. The van der Waals surface area contributed by atoms with Crippen molar-refractivity contribution in [2.45, 2.75) is 25.6 Å². The molecule has 3 aromatic rings. The van der Waals surface area contributed by atoms with Crippen LogP contribution in [-0.4, -0.2) is 53.1 Å². The maximum absolute atomic E-state index is 13.4. The highest BCUT2D eigenvalue weighted by molar-refractivity contribution is 5.96. The van der Waals surface area contributed by atoms with E-state index < -0.39 is 25.0 Å². The fourth-order valence-electron chi connectivity index (χ4n) is 3.84. The van der Waals surface area contributed by atoms with E-state index in [1.807, 2.05) is 0 Å². The number of hydrogen-bond donors (Lipinski definition) is 0. The lowest BCUT2D eigenvalue weighted by molar-refractivity contribution is -0.147. The van der Waals surface area contributed by atoms with Crippen LogP contribution in [0.1, 0.15) is 22.6 Å². The minimum absolute atomic E-state index is 0.0239. The number of halogens is 5. The summed E-state index contributed by atoms with van der Waals surface area (Å²) in [6.45, 7) is 1.03. The maximum Gasteiger partial charge on any atom is 0.449 e. The molecule has 5 nitrogen and oxygen atoms in total. The van der Waals surface area contributed by atoms with Gasteiger partial charge in [0.2, 0.25) is 5.82 Å². The normalized spacial score (nSPS) is 15.4. The molecule has 0 saturated carbocycles. The van der Waals surface area contributed by atoms with E-state index in [9.17, 15) is 26.7 Å². The van der Waals surface area contributed by atoms with E-state index in [0.29, 0.717) is 47.6 Å². The smallest absolute Gasteiger partial charge is 0.380 e. The highest BCUT2D eigenvalue weighted by Crippen LogP contribution is 2.35. The van der Waals surface area contributed by atoms with Gasteiger partial charge in [0.15, 0.2) is 0 Å². The quantitative estimate of drug-likeness (QED) is 0.531. The lowest BCUT2D eigenvalue weighted by atomic mass is 10.0. The average Bonchev–Trinajstić information content (AvgIpc) is 2.94. The number of carbonyl (C=O) groups is 1. The van der Waals surface area contributed by atoms with Crippen LogP contribution in [-0.2, 0) is 17.5 Å². The summed E-state index contributed by atoms with van der Waals surface area (Å²) in [5.41, 5.74) is 1.29. The number of fused-ring (bicyclic) bond motifs is 1. The van der Waals surface area contributed by atoms with Crippen LogP contribution in [0.25, 0.3) is 22.2 Å². The second-order valence-electron chi connectivity index (χ2n) is 7.44. The van der Waals surface area contributed by atoms with Gasteiger partial charge < -0.3 is 14.2 Å². The Morgan fingerprint density at radius 2 is 1.81 bits per heavy atom. The van der Waals surface area contributed by atoms with Crippen molar-refractivity contribution >= 4 is 16.9 Å². The van der Waals surface area contributed by atoms with Gasteiger partial charge in [0, 0.05) is 30.8 Å². The number of carbonyl (C=O) groups excluding carboxylic acids is 1. The molecule has 10 heteroatoms. The van der Waals surface area contributed by atoms with E-state index >= 15 is 0 Å². The molecule has 1 aliphatic rings. The Morgan fingerprint density at radius 1 is 1.06 bits per heavy atom. The largest absolute Gasteiger partial charge is 0.449 e. The van der Waals surface area contributed by atoms with Gasteiger partial charge in [0.1, 0.15) is 0 Å². The van der Waals surface area contributed by atoms with Gasteiger partial charge in [-0.25, -0.2) is 13.8 Å². The van der Waals surface area contributed by atoms with Crippen molar-refractivity contribution in [2.75, 3.05) is 26.3 Å². The summed E-state index contributed by atoms with van der Waals surface area (Å²) in [5, 5.41) is 0. The summed E-state index contributed by atoms with van der Waals surface area (Å²) in [4.78, 5) is 18.1. The lowest BCUT2D eigenvalue weighted by Crippen LogP contribution is -2.33. The molecule has 0 aliphatic carbocycles. The van der Waals surface area contributed by atoms with Gasteiger partial charge in [-0.3, -0.25) is 4.79 Å². The third-order valence-electron chi connectivity index (χ3n) is 5.31. The van der Waals surface area contributed by atoms with Gasteiger partial charge in [0.05, 0.1) is 24.2 Å². The Hall–Kier alpha value is -3.01. The van der Waals surface area contributed by atoms with Gasteiger partial charge in [-0.05, 0) is 30.2 Å². The standard InChI is InChI=1S/C22H20F5N3O2/c23-18(24)13-30-17-4-1-3-16(19(17)28-21(30)22(25,26)27)14-5-7-15(8-6-14)20(31)29-9-2-11-32-12-10-29/h1,3-8,18H,2,9-13H2. The number of imidazole rings is 1. The Bertz CT molecular complexity index is 1100.